The van der Waals surface area contributed by atoms with E-state index in [9.17, 15) is 18.4 Å². The largest absolute Gasteiger partial charge is 0.355 e. The Labute approximate surface area is 141 Å². The summed E-state index contributed by atoms with van der Waals surface area (Å²) in [5.74, 6) is -2.19. The minimum absolute atomic E-state index is 0.0815. The molecule has 1 N–H and O–H groups in total. The van der Waals surface area contributed by atoms with Crippen molar-refractivity contribution in [2.45, 2.75) is 26.8 Å². The van der Waals surface area contributed by atoms with Crippen molar-refractivity contribution in [3.05, 3.63) is 35.4 Å². The molecule has 1 aromatic rings. The maximum absolute atomic E-state index is 13.4. The van der Waals surface area contributed by atoms with Crippen LogP contribution in [0, 0.1) is 11.6 Å². The number of rotatable bonds is 8. The molecule has 0 aromatic heterocycles. The minimum Gasteiger partial charge on any atom is -0.355 e. The van der Waals surface area contributed by atoms with E-state index in [0.29, 0.717) is 18.7 Å². The molecule has 1 rings (SSSR count). The van der Waals surface area contributed by atoms with Crippen molar-refractivity contribution in [2.24, 2.45) is 0 Å². The second-order valence-electron chi connectivity index (χ2n) is 5.61. The summed E-state index contributed by atoms with van der Waals surface area (Å²) < 4.78 is 26.4. The van der Waals surface area contributed by atoms with E-state index in [1.807, 2.05) is 13.8 Å². The van der Waals surface area contributed by atoms with Gasteiger partial charge in [0, 0.05) is 13.6 Å². The van der Waals surface area contributed by atoms with Crippen LogP contribution in [-0.4, -0.2) is 54.8 Å². The van der Waals surface area contributed by atoms with Crippen LogP contribution in [0.25, 0.3) is 0 Å². The van der Waals surface area contributed by atoms with Gasteiger partial charge in [-0.2, -0.15) is 0 Å². The molecule has 0 aliphatic heterocycles. The van der Waals surface area contributed by atoms with Crippen molar-refractivity contribution in [1.82, 2.24) is 15.1 Å². The molecule has 134 valence electrons. The number of amides is 2. The fourth-order valence-corrected chi connectivity index (χ4v) is 2.25. The molecule has 0 spiro atoms. The third kappa shape index (κ3) is 5.56. The molecular formula is C17H25F2N3O2. The lowest BCUT2D eigenvalue weighted by atomic mass is 10.1. The van der Waals surface area contributed by atoms with E-state index in [1.54, 1.807) is 18.9 Å². The van der Waals surface area contributed by atoms with Crippen LogP contribution in [0.15, 0.2) is 18.2 Å². The van der Waals surface area contributed by atoms with Gasteiger partial charge in [0.2, 0.25) is 11.8 Å². The van der Waals surface area contributed by atoms with E-state index in [1.165, 1.54) is 11.0 Å². The Bertz CT molecular complexity index is 581. The molecule has 0 saturated heterocycles. The highest BCUT2D eigenvalue weighted by Gasteiger charge is 2.21. The quantitative estimate of drug-likeness (QED) is 0.786. The lowest BCUT2D eigenvalue weighted by Crippen LogP contribution is -2.43. The summed E-state index contributed by atoms with van der Waals surface area (Å²) in [6.45, 7) is 6.75. The van der Waals surface area contributed by atoms with Gasteiger partial charge in [0.05, 0.1) is 19.1 Å². The van der Waals surface area contributed by atoms with Gasteiger partial charge in [-0.05, 0) is 38.1 Å². The molecule has 0 radical (unpaired) electrons. The molecule has 0 fully saturated rings. The van der Waals surface area contributed by atoms with E-state index in [-0.39, 0.29) is 24.9 Å². The van der Waals surface area contributed by atoms with Gasteiger partial charge in [-0.1, -0.05) is 13.0 Å². The molecule has 1 aromatic carbocycles. The zero-order valence-electron chi connectivity index (χ0n) is 14.6. The molecule has 7 heteroatoms. The molecule has 0 bridgehead atoms. The molecule has 0 heterocycles. The normalized spacial score (nSPS) is 12.1. The molecule has 0 saturated carbocycles. The summed E-state index contributed by atoms with van der Waals surface area (Å²) in [6, 6.07) is 3.19. The Kier molecular flexibility index (Phi) is 7.78. The van der Waals surface area contributed by atoms with Gasteiger partial charge in [-0.15, -0.1) is 0 Å². The van der Waals surface area contributed by atoms with Crippen LogP contribution in [0.4, 0.5) is 8.78 Å². The van der Waals surface area contributed by atoms with Crippen molar-refractivity contribution in [1.29, 1.82) is 0 Å². The van der Waals surface area contributed by atoms with Gasteiger partial charge in [-0.25, -0.2) is 8.78 Å². The monoisotopic (exact) mass is 341 g/mol. The van der Waals surface area contributed by atoms with Gasteiger partial charge in [0.1, 0.15) is 0 Å². The number of hydrogen-bond acceptors (Lipinski definition) is 3. The summed E-state index contributed by atoms with van der Waals surface area (Å²) >= 11 is 0. The predicted octanol–water partition coefficient (Wildman–Crippen LogP) is 1.94. The maximum atomic E-state index is 13.4. The average molecular weight is 341 g/mol. The van der Waals surface area contributed by atoms with Crippen molar-refractivity contribution >= 4 is 11.8 Å². The average Bonchev–Trinajstić information content (AvgIpc) is 2.55. The van der Waals surface area contributed by atoms with Crippen LogP contribution >= 0.6 is 0 Å². The number of likely N-dealkylation sites (N-methyl/N-ethyl adjacent to an activating group) is 3. The van der Waals surface area contributed by atoms with Gasteiger partial charge in [-0.3, -0.25) is 14.5 Å². The van der Waals surface area contributed by atoms with Gasteiger partial charge in [0.25, 0.3) is 0 Å². The van der Waals surface area contributed by atoms with Crippen LogP contribution in [-0.2, 0) is 9.59 Å². The van der Waals surface area contributed by atoms with Gasteiger partial charge in [0.15, 0.2) is 11.6 Å². The Hall–Kier alpha value is -2.02. The van der Waals surface area contributed by atoms with Crippen LogP contribution in [0.3, 0.4) is 0 Å². The SMILES string of the molecule is CCNC(=O)CN(CC)CC(=O)N(C)C(C)c1ccc(F)c(F)c1. The van der Waals surface area contributed by atoms with Gasteiger partial charge < -0.3 is 10.2 Å². The summed E-state index contributed by atoms with van der Waals surface area (Å²) in [5.41, 5.74) is 0.511. The molecule has 5 nitrogen and oxygen atoms in total. The van der Waals surface area contributed by atoms with Crippen LogP contribution in [0.1, 0.15) is 32.4 Å². The third-order valence-corrected chi connectivity index (χ3v) is 3.95. The number of carbonyl (C=O) groups excluding carboxylic acids is 2. The first-order valence-electron chi connectivity index (χ1n) is 7.99. The third-order valence-electron chi connectivity index (χ3n) is 3.95. The lowest BCUT2D eigenvalue weighted by Gasteiger charge is -2.28. The zero-order valence-corrected chi connectivity index (χ0v) is 14.6. The van der Waals surface area contributed by atoms with E-state index >= 15 is 0 Å². The summed E-state index contributed by atoms with van der Waals surface area (Å²) in [5, 5.41) is 2.69. The first-order valence-corrected chi connectivity index (χ1v) is 7.99. The van der Waals surface area contributed by atoms with E-state index in [2.05, 4.69) is 5.32 Å². The number of carbonyl (C=O) groups is 2. The highest BCUT2D eigenvalue weighted by atomic mass is 19.2. The van der Waals surface area contributed by atoms with Crippen LogP contribution < -0.4 is 5.32 Å². The number of nitrogens with one attached hydrogen (secondary N) is 1. The van der Waals surface area contributed by atoms with Crippen molar-refractivity contribution in [3.63, 3.8) is 0 Å². The second-order valence-corrected chi connectivity index (χ2v) is 5.61. The van der Waals surface area contributed by atoms with Crippen LogP contribution in [0.5, 0.6) is 0 Å². The fourth-order valence-electron chi connectivity index (χ4n) is 2.25. The van der Waals surface area contributed by atoms with E-state index in [4.69, 9.17) is 0 Å². The summed E-state index contributed by atoms with van der Waals surface area (Å²) in [4.78, 5) is 27.2. The Balaban J connectivity index is 2.70. The Morgan fingerprint density at radius 2 is 1.83 bits per heavy atom. The van der Waals surface area contributed by atoms with Crippen molar-refractivity contribution in [2.75, 3.05) is 33.2 Å². The standard InChI is InChI=1S/C17H25F2N3O2/c1-5-20-16(23)10-22(6-2)11-17(24)21(4)12(3)13-7-8-14(18)15(19)9-13/h7-9,12H,5-6,10-11H2,1-4H3,(H,20,23). The van der Waals surface area contributed by atoms with Gasteiger partial charge >= 0.3 is 0 Å². The van der Waals surface area contributed by atoms with Crippen molar-refractivity contribution < 1.29 is 18.4 Å². The maximum Gasteiger partial charge on any atom is 0.237 e. The van der Waals surface area contributed by atoms with E-state index in [0.717, 1.165) is 12.1 Å². The summed E-state index contributed by atoms with van der Waals surface area (Å²) in [7, 11) is 1.61. The van der Waals surface area contributed by atoms with E-state index < -0.39 is 17.7 Å². The number of nitrogens with zero attached hydrogens (tertiary/aromatic N) is 2. The molecule has 0 aliphatic rings. The smallest absolute Gasteiger partial charge is 0.237 e. The molecular weight excluding hydrogens is 316 g/mol. The Morgan fingerprint density at radius 1 is 1.17 bits per heavy atom. The number of hydrogen-bond donors (Lipinski definition) is 1. The van der Waals surface area contributed by atoms with Crippen molar-refractivity contribution in [3.8, 4) is 0 Å². The molecule has 24 heavy (non-hydrogen) atoms. The number of benzene rings is 1. The highest BCUT2D eigenvalue weighted by Crippen LogP contribution is 2.21. The first kappa shape index (κ1) is 20.0. The highest BCUT2D eigenvalue weighted by molar-refractivity contribution is 5.81. The Morgan fingerprint density at radius 3 is 2.38 bits per heavy atom. The molecule has 0 aliphatic carbocycles. The predicted molar refractivity (Wildman–Crippen MR) is 88.3 cm³/mol. The zero-order chi connectivity index (χ0) is 18.3. The topological polar surface area (TPSA) is 52.7 Å². The fraction of sp³-hybridized carbons (Fsp3) is 0.529. The first-order chi connectivity index (χ1) is 11.3. The lowest BCUT2D eigenvalue weighted by molar-refractivity contribution is -0.133. The molecule has 1 atom stereocenters. The molecule has 1 unspecified atom stereocenters. The summed E-state index contributed by atoms with van der Waals surface area (Å²) in [6.07, 6.45) is 0. The van der Waals surface area contributed by atoms with Crippen LogP contribution in [0.2, 0.25) is 0 Å². The molecule has 2 amide bonds. The second kappa shape index (κ2) is 9.32. The minimum atomic E-state index is -0.938. The number of halogens is 2.